The minimum Gasteiger partial charge on any atom is -0.329 e. The summed E-state index contributed by atoms with van der Waals surface area (Å²) in [5.41, 5.74) is 5.74. The van der Waals surface area contributed by atoms with Crippen LogP contribution in [0.25, 0.3) is 0 Å². The number of rotatable bonds is 6. The number of nitrogens with two attached hydrogens (primary N) is 1. The largest absolute Gasteiger partial charge is 0.329 e. The smallest absolute Gasteiger partial charge is 0.0343 e. The van der Waals surface area contributed by atoms with E-state index >= 15 is 0 Å². The minimum atomic E-state index is 0.574. The molecule has 3 N–H and O–H groups in total. The van der Waals surface area contributed by atoms with E-state index in [2.05, 4.69) is 17.1 Å². The zero-order chi connectivity index (χ0) is 10.2. The SMILES string of the molecule is CCCCCCN1CCNCC1CN. The van der Waals surface area contributed by atoms with Gasteiger partial charge in [0.15, 0.2) is 0 Å². The van der Waals surface area contributed by atoms with Crippen molar-refractivity contribution in [3.63, 3.8) is 0 Å². The lowest BCUT2D eigenvalue weighted by Gasteiger charge is -2.35. The van der Waals surface area contributed by atoms with Gasteiger partial charge in [0.05, 0.1) is 0 Å². The fourth-order valence-electron chi connectivity index (χ4n) is 2.07. The van der Waals surface area contributed by atoms with Gasteiger partial charge in [-0.25, -0.2) is 0 Å². The van der Waals surface area contributed by atoms with Crippen LogP contribution in [0.1, 0.15) is 32.6 Å². The second-order valence-electron chi connectivity index (χ2n) is 4.19. The Bertz CT molecular complexity index is 138. The molecule has 84 valence electrons. The van der Waals surface area contributed by atoms with E-state index in [4.69, 9.17) is 5.73 Å². The van der Waals surface area contributed by atoms with Crippen LogP contribution in [0, 0.1) is 0 Å². The lowest BCUT2D eigenvalue weighted by Crippen LogP contribution is -2.54. The van der Waals surface area contributed by atoms with Crippen molar-refractivity contribution in [2.75, 3.05) is 32.7 Å². The van der Waals surface area contributed by atoms with Crippen molar-refractivity contribution in [2.24, 2.45) is 5.73 Å². The lowest BCUT2D eigenvalue weighted by atomic mass is 10.1. The average molecular weight is 199 g/mol. The molecule has 3 nitrogen and oxygen atoms in total. The molecule has 1 aliphatic heterocycles. The van der Waals surface area contributed by atoms with Gasteiger partial charge in [0.2, 0.25) is 0 Å². The molecule has 0 saturated carbocycles. The molecule has 0 bridgehead atoms. The van der Waals surface area contributed by atoms with Crippen LogP contribution in [-0.4, -0.2) is 43.7 Å². The van der Waals surface area contributed by atoms with Crippen LogP contribution in [-0.2, 0) is 0 Å². The van der Waals surface area contributed by atoms with E-state index in [1.54, 1.807) is 0 Å². The summed E-state index contributed by atoms with van der Waals surface area (Å²) in [6.45, 7) is 7.67. The Morgan fingerprint density at radius 2 is 2.21 bits per heavy atom. The lowest BCUT2D eigenvalue weighted by molar-refractivity contribution is 0.162. The van der Waals surface area contributed by atoms with Crippen LogP contribution in [0.4, 0.5) is 0 Å². The molecule has 0 aliphatic carbocycles. The topological polar surface area (TPSA) is 41.3 Å². The molecule has 1 rings (SSSR count). The monoisotopic (exact) mass is 199 g/mol. The van der Waals surface area contributed by atoms with Crippen molar-refractivity contribution >= 4 is 0 Å². The zero-order valence-electron chi connectivity index (χ0n) is 9.47. The van der Waals surface area contributed by atoms with Gasteiger partial charge in [0.1, 0.15) is 0 Å². The molecule has 0 spiro atoms. The third kappa shape index (κ3) is 3.95. The molecule has 1 heterocycles. The highest BCUT2D eigenvalue weighted by atomic mass is 15.2. The van der Waals surface area contributed by atoms with Gasteiger partial charge in [-0.05, 0) is 13.0 Å². The Balaban J connectivity index is 2.13. The van der Waals surface area contributed by atoms with Crippen molar-refractivity contribution in [3.8, 4) is 0 Å². The summed E-state index contributed by atoms with van der Waals surface area (Å²) in [7, 11) is 0. The quantitative estimate of drug-likeness (QED) is 0.622. The van der Waals surface area contributed by atoms with E-state index in [1.807, 2.05) is 0 Å². The molecule has 1 saturated heterocycles. The minimum absolute atomic E-state index is 0.574. The summed E-state index contributed by atoms with van der Waals surface area (Å²) in [6.07, 6.45) is 5.41. The number of hydrogen-bond acceptors (Lipinski definition) is 3. The van der Waals surface area contributed by atoms with Crippen LogP contribution < -0.4 is 11.1 Å². The Morgan fingerprint density at radius 1 is 1.36 bits per heavy atom. The normalized spacial score (nSPS) is 24.0. The van der Waals surface area contributed by atoms with Crippen LogP contribution >= 0.6 is 0 Å². The highest BCUT2D eigenvalue weighted by molar-refractivity contribution is 4.80. The van der Waals surface area contributed by atoms with E-state index in [0.717, 1.165) is 19.6 Å². The van der Waals surface area contributed by atoms with E-state index in [9.17, 15) is 0 Å². The molecular formula is C11H25N3. The van der Waals surface area contributed by atoms with Gasteiger partial charge in [0.25, 0.3) is 0 Å². The maximum atomic E-state index is 5.74. The molecule has 0 aromatic heterocycles. The van der Waals surface area contributed by atoms with Crippen molar-refractivity contribution in [2.45, 2.75) is 38.6 Å². The number of unbranched alkanes of at least 4 members (excludes halogenated alkanes) is 3. The molecule has 0 aromatic rings. The Labute approximate surface area is 88.0 Å². The summed E-state index contributed by atoms with van der Waals surface area (Å²) in [5, 5.41) is 3.40. The van der Waals surface area contributed by atoms with Crippen LogP contribution in [0.3, 0.4) is 0 Å². The van der Waals surface area contributed by atoms with Gasteiger partial charge in [-0.3, -0.25) is 4.90 Å². The molecule has 1 fully saturated rings. The summed E-state index contributed by atoms with van der Waals surface area (Å²) < 4.78 is 0. The molecule has 1 unspecified atom stereocenters. The van der Waals surface area contributed by atoms with Crippen LogP contribution in [0.15, 0.2) is 0 Å². The summed E-state index contributed by atoms with van der Waals surface area (Å²) in [6, 6.07) is 0.574. The molecule has 0 radical (unpaired) electrons. The number of piperazine rings is 1. The standard InChI is InChI=1S/C11H25N3/c1-2-3-4-5-7-14-8-6-13-10-11(14)9-12/h11,13H,2-10,12H2,1H3. The first-order valence-electron chi connectivity index (χ1n) is 6.03. The molecule has 0 amide bonds. The van der Waals surface area contributed by atoms with E-state index < -0.39 is 0 Å². The Hall–Kier alpha value is -0.120. The fourth-order valence-corrected chi connectivity index (χ4v) is 2.07. The van der Waals surface area contributed by atoms with Gasteiger partial charge in [-0.2, -0.15) is 0 Å². The van der Waals surface area contributed by atoms with Crippen LogP contribution in [0.5, 0.6) is 0 Å². The summed E-state index contributed by atoms with van der Waals surface area (Å²) in [5.74, 6) is 0. The summed E-state index contributed by atoms with van der Waals surface area (Å²) in [4.78, 5) is 2.55. The van der Waals surface area contributed by atoms with E-state index in [-0.39, 0.29) is 0 Å². The van der Waals surface area contributed by atoms with Gasteiger partial charge in [-0.15, -0.1) is 0 Å². The van der Waals surface area contributed by atoms with Gasteiger partial charge < -0.3 is 11.1 Å². The predicted octanol–water partition coefficient (Wildman–Crippen LogP) is 0.799. The molecule has 0 aromatic carbocycles. The first-order valence-corrected chi connectivity index (χ1v) is 6.03. The van der Waals surface area contributed by atoms with Crippen molar-refractivity contribution in [3.05, 3.63) is 0 Å². The molecule has 3 heteroatoms. The Morgan fingerprint density at radius 3 is 2.93 bits per heavy atom. The second-order valence-corrected chi connectivity index (χ2v) is 4.19. The maximum absolute atomic E-state index is 5.74. The maximum Gasteiger partial charge on any atom is 0.0343 e. The van der Waals surface area contributed by atoms with Gasteiger partial charge in [0, 0.05) is 32.2 Å². The first-order chi connectivity index (χ1) is 6.88. The number of nitrogens with zero attached hydrogens (tertiary/aromatic N) is 1. The fraction of sp³-hybridized carbons (Fsp3) is 1.00. The number of nitrogens with one attached hydrogen (secondary N) is 1. The van der Waals surface area contributed by atoms with Gasteiger partial charge >= 0.3 is 0 Å². The van der Waals surface area contributed by atoms with Crippen LogP contribution in [0.2, 0.25) is 0 Å². The highest BCUT2D eigenvalue weighted by Gasteiger charge is 2.19. The zero-order valence-corrected chi connectivity index (χ0v) is 9.47. The third-order valence-corrected chi connectivity index (χ3v) is 3.04. The predicted molar refractivity (Wildman–Crippen MR) is 61.4 cm³/mol. The Kier molecular flexibility index (Phi) is 6.15. The van der Waals surface area contributed by atoms with E-state index in [0.29, 0.717) is 6.04 Å². The number of hydrogen-bond donors (Lipinski definition) is 2. The summed E-state index contributed by atoms with van der Waals surface area (Å²) >= 11 is 0. The van der Waals surface area contributed by atoms with Crippen molar-refractivity contribution in [1.29, 1.82) is 0 Å². The molecule has 14 heavy (non-hydrogen) atoms. The third-order valence-electron chi connectivity index (χ3n) is 3.04. The van der Waals surface area contributed by atoms with Crippen molar-refractivity contribution in [1.82, 2.24) is 10.2 Å². The molecule has 1 aliphatic rings. The molecular weight excluding hydrogens is 174 g/mol. The first kappa shape index (κ1) is 12.0. The van der Waals surface area contributed by atoms with Gasteiger partial charge in [-0.1, -0.05) is 26.2 Å². The highest BCUT2D eigenvalue weighted by Crippen LogP contribution is 2.06. The average Bonchev–Trinajstić information content (AvgIpc) is 2.25. The van der Waals surface area contributed by atoms with Crippen molar-refractivity contribution < 1.29 is 0 Å². The van der Waals surface area contributed by atoms with E-state index in [1.165, 1.54) is 38.8 Å². The molecule has 1 atom stereocenters. The second kappa shape index (κ2) is 7.21.